The van der Waals surface area contributed by atoms with Gasteiger partial charge in [0.15, 0.2) is 11.5 Å². The van der Waals surface area contributed by atoms with Gasteiger partial charge in [-0.15, -0.1) is 0 Å². The maximum Gasteiger partial charge on any atom is 0.203 e. The van der Waals surface area contributed by atoms with Crippen LogP contribution in [0.4, 0.5) is 0 Å². The Balaban J connectivity index is 3.37. The van der Waals surface area contributed by atoms with E-state index in [9.17, 15) is 9.90 Å². The molecule has 92 valence electrons. The second-order valence-electron chi connectivity index (χ2n) is 3.18. The fraction of sp³-hybridized carbons (Fsp3) is 0.250. The normalized spacial score (nSPS) is 9.59. The molecule has 0 aliphatic heterocycles. The van der Waals surface area contributed by atoms with E-state index in [0.29, 0.717) is 22.8 Å². The third-order valence-corrected chi connectivity index (χ3v) is 2.26. The largest absolute Gasteiger partial charge is 0.545 e. The van der Waals surface area contributed by atoms with Crippen molar-refractivity contribution in [2.24, 2.45) is 0 Å². The van der Waals surface area contributed by atoms with Gasteiger partial charge < -0.3 is 24.1 Å². The van der Waals surface area contributed by atoms with E-state index < -0.39 is 5.97 Å². The van der Waals surface area contributed by atoms with Crippen LogP contribution in [0.2, 0.25) is 0 Å². The SMILES string of the molecule is C=C(C(=O)[O-])c1cc(OC)c(OC)c(OC)c1. The van der Waals surface area contributed by atoms with E-state index in [1.54, 1.807) is 0 Å². The van der Waals surface area contributed by atoms with Gasteiger partial charge in [0.1, 0.15) is 0 Å². The quantitative estimate of drug-likeness (QED) is 0.696. The molecule has 0 saturated carbocycles. The molecule has 0 aromatic heterocycles. The fourth-order valence-electron chi connectivity index (χ4n) is 1.37. The fourth-order valence-corrected chi connectivity index (χ4v) is 1.37. The van der Waals surface area contributed by atoms with Gasteiger partial charge in [0.25, 0.3) is 0 Å². The Bertz CT molecular complexity index is 425. The van der Waals surface area contributed by atoms with Gasteiger partial charge in [0, 0.05) is 0 Å². The van der Waals surface area contributed by atoms with Crippen LogP contribution in [0.25, 0.3) is 5.57 Å². The number of carbonyl (C=O) groups is 1. The van der Waals surface area contributed by atoms with Crippen molar-refractivity contribution in [1.29, 1.82) is 0 Å². The van der Waals surface area contributed by atoms with E-state index in [1.807, 2.05) is 0 Å². The summed E-state index contributed by atoms with van der Waals surface area (Å²) in [5.41, 5.74) is 0.198. The summed E-state index contributed by atoms with van der Waals surface area (Å²) in [6.07, 6.45) is 0. The first-order valence-electron chi connectivity index (χ1n) is 4.75. The Kier molecular flexibility index (Phi) is 3.98. The summed E-state index contributed by atoms with van der Waals surface area (Å²) in [7, 11) is 4.36. The molecule has 5 nitrogen and oxygen atoms in total. The van der Waals surface area contributed by atoms with Crippen molar-refractivity contribution < 1.29 is 24.1 Å². The Morgan fingerprint density at radius 1 is 1.12 bits per heavy atom. The molecule has 0 aliphatic rings. The predicted molar refractivity (Wildman–Crippen MR) is 60.1 cm³/mol. The molecular weight excluding hydrogens is 224 g/mol. The highest BCUT2D eigenvalue weighted by molar-refractivity contribution is 6.13. The zero-order valence-electron chi connectivity index (χ0n) is 9.90. The second kappa shape index (κ2) is 5.25. The molecule has 0 N–H and O–H groups in total. The topological polar surface area (TPSA) is 67.8 Å². The molecule has 0 heterocycles. The molecule has 0 unspecified atom stereocenters. The molecule has 17 heavy (non-hydrogen) atoms. The van der Waals surface area contributed by atoms with Gasteiger partial charge in [0.05, 0.1) is 27.3 Å². The van der Waals surface area contributed by atoms with Crippen LogP contribution in [0.1, 0.15) is 5.56 Å². The van der Waals surface area contributed by atoms with Crippen LogP contribution < -0.4 is 19.3 Å². The summed E-state index contributed by atoms with van der Waals surface area (Å²) in [6, 6.07) is 3.00. The highest BCUT2D eigenvalue weighted by Crippen LogP contribution is 2.39. The van der Waals surface area contributed by atoms with Crippen LogP contribution in [-0.4, -0.2) is 27.3 Å². The number of ether oxygens (including phenoxy) is 3. The third-order valence-electron chi connectivity index (χ3n) is 2.26. The first-order chi connectivity index (χ1) is 8.04. The summed E-state index contributed by atoms with van der Waals surface area (Å²) in [5.74, 6) is -0.224. The molecule has 5 heteroatoms. The van der Waals surface area contributed by atoms with E-state index >= 15 is 0 Å². The maximum atomic E-state index is 10.7. The molecule has 0 fully saturated rings. The molecule has 1 rings (SSSR count). The monoisotopic (exact) mass is 237 g/mol. The molecule has 0 saturated heterocycles. The predicted octanol–water partition coefficient (Wildman–Crippen LogP) is 0.475. The summed E-state index contributed by atoms with van der Waals surface area (Å²) in [5, 5.41) is 10.7. The third kappa shape index (κ3) is 2.50. The van der Waals surface area contributed by atoms with Crippen molar-refractivity contribution in [3.05, 3.63) is 24.3 Å². The van der Waals surface area contributed by atoms with Crippen LogP contribution in [0.15, 0.2) is 18.7 Å². The number of carbonyl (C=O) groups excluding carboxylic acids is 1. The first-order valence-corrected chi connectivity index (χ1v) is 4.75. The molecular formula is C12H13O5-. The van der Waals surface area contributed by atoms with Gasteiger partial charge in [-0.2, -0.15) is 0 Å². The molecule has 0 spiro atoms. The van der Waals surface area contributed by atoms with Crippen molar-refractivity contribution in [2.75, 3.05) is 21.3 Å². The minimum absolute atomic E-state index is 0.149. The van der Waals surface area contributed by atoms with Crippen molar-refractivity contribution in [3.63, 3.8) is 0 Å². The van der Waals surface area contributed by atoms with Gasteiger partial charge in [0.2, 0.25) is 5.75 Å². The minimum Gasteiger partial charge on any atom is -0.545 e. The van der Waals surface area contributed by atoms with Crippen LogP contribution in [0.3, 0.4) is 0 Å². The standard InChI is InChI=1S/C12H14O5/c1-7(12(13)14)8-5-9(15-2)11(17-4)10(6-8)16-3/h5-6H,1H2,2-4H3,(H,13,14)/p-1. The number of rotatable bonds is 5. The second-order valence-corrected chi connectivity index (χ2v) is 3.18. The summed E-state index contributed by atoms with van der Waals surface area (Å²) in [4.78, 5) is 10.7. The Morgan fingerprint density at radius 2 is 1.59 bits per heavy atom. The van der Waals surface area contributed by atoms with Crippen molar-refractivity contribution in [2.45, 2.75) is 0 Å². The van der Waals surface area contributed by atoms with Crippen LogP contribution in [0.5, 0.6) is 17.2 Å². The summed E-state index contributed by atoms with van der Waals surface area (Å²) >= 11 is 0. The minimum atomic E-state index is -1.35. The average molecular weight is 237 g/mol. The molecule has 0 aliphatic carbocycles. The molecule has 0 bridgehead atoms. The lowest BCUT2D eigenvalue weighted by Crippen LogP contribution is -2.23. The van der Waals surface area contributed by atoms with Crippen molar-refractivity contribution >= 4 is 11.5 Å². The number of carboxylic acids is 1. The first kappa shape index (κ1) is 12.9. The van der Waals surface area contributed by atoms with E-state index in [2.05, 4.69) is 6.58 Å². The Morgan fingerprint density at radius 3 is 1.88 bits per heavy atom. The van der Waals surface area contributed by atoms with Crippen LogP contribution in [0, 0.1) is 0 Å². The lowest BCUT2D eigenvalue weighted by molar-refractivity contribution is -0.295. The number of hydrogen-bond donors (Lipinski definition) is 0. The van der Waals surface area contributed by atoms with E-state index in [0.717, 1.165) is 0 Å². The molecule has 1 aromatic rings. The molecule has 0 amide bonds. The van der Waals surface area contributed by atoms with Gasteiger partial charge in [-0.1, -0.05) is 6.58 Å². The van der Waals surface area contributed by atoms with Gasteiger partial charge >= 0.3 is 0 Å². The van der Waals surface area contributed by atoms with Gasteiger partial charge in [-0.3, -0.25) is 0 Å². The summed E-state index contributed by atoms with van der Waals surface area (Å²) < 4.78 is 15.3. The number of methoxy groups -OCH3 is 3. The molecule has 1 aromatic carbocycles. The zero-order chi connectivity index (χ0) is 13.0. The zero-order valence-corrected chi connectivity index (χ0v) is 9.90. The Labute approximate surface area is 99.2 Å². The van der Waals surface area contributed by atoms with E-state index in [4.69, 9.17) is 14.2 Å². The van der Waals surface area contributed by atoms with E-state index in [-0.39, 0.29) is 5.57 Å². The van der Waals surface area contributed by atoms with Crippen LogP contribution >= 0.6 is 0 Å². The number of benzene rings is 1. The number of aliphatic carboxylic acids is 1. The van der Waals surface area contributed by atoms with E-state index in [1.165, 1.54) is 33.5 Å². The van der Waals surface area contributed by atoms with Gasteiger partial charge in [-0.05, 0) is 23.3 Å². The average Bonchev–Trinajstić information content (AvgIpc) is 2.35. The van der Waals surface area contributed by atoms with Crippen molar-refractivity contribution in [1.82, 2.24) is 0 Å². The van der Waals surface area contributed by atoms with Gasteiger partial charge in [-0.25, -0.2) is 0 Å². The lowest BCUT2D eigenvalue weighted by atomic mass is 10.1. The lowest BCUT2D eigenvalue weighted by Gasteiger charge is -2.15. The maximum absolute atomic E-state index is 10.7. The number of hydrogen-bond acceptors (Lipinski definition) is 5. The highest BCUT2D eigenvalue weighted by Gasteiger charge is 2.14. The highest BCUT2D eigenvalue weighted by atomic mass is 16.5. The Hall–Kier alpha value is -2.17. The smallest absolute Gasteiger partial charge is 0.203 e. The molecule has 0 atom stereocenters. The van der Waals surface area contributed by atoms with Crippen LogP contribution in [-0.2, 0) is 4.79 Å². The molecule has 0 radical (unpaired) electrons. The van der Waals surface area contributed by atoms with Crippen molar-refractivity contribution in [3.8, 4) is 17.2 Å². The number of carboxylic acid groups (broad SMARTS) is 1. The summed E-state index contributed by atoms with van der Waals surface area (Å²) in [6.45, 7) is 3.42.